The van der Waals surface area contributed by atoms with E-state index in [4.69, 9.17) is 4.74 Å². The van der Waals surface area contributed by atoms with Crippen molar-refractivity contribution in [3.8, 4) is 0 Å². The van der Waals surface area contributed by atoms with Crippen LogP contribution in [0.5, 0.6) is 0 Å². The molecule has 0 aromatic rings. The van der Waals surface area contributed by atoms with Crippen molar-refractivity contribution in [1.29, 1.82) is 0 Å². The van der Waals surface area contributed by atoms with Gasteiger partial charge in [0.15, 0.2) is 0 Å². The number of halogens is 1. The van der Waals surface area contributed by atoms with E-state index in [1.807, 2.05) is 0 Å². The van der Waals surface area contributed by atoms with Gasteiger partial charge in [0.1, 0.15) is 10.3 Å². The van der Waals surface area contributed by atoms with Gasteiger partial charge in [-0.3, -0.25) is 4.99 Å². The highest BCUT2D eigenvalue weighted by Crippen LogP contribution is 2.23. The third kappa shape index (κ3) is 2.07. The third-order valence-electron chi connectivity index (χ3n) is 2.04. The van der Waals surface area contributed by atoms with Crippen molar-refractivity contribution >= 4 is 33.8 Å². The molecule has 0 radical (unpaired) electrons. The number of fused-ring (bicyclic) bond motifs is 1. The van der Waals surface area contributed by atoms with Crippen LogP contribution in [0.3, 0.4) is 0 Å². The highest BCUT2D eigenvalue weighted by atomic mass is 79.9. The number of allylic oxidation sites excluding steroid dienone is 2. The largest absolute Gasteiger partial charge is 0.461 e. The lowest BCUT2D eigenvalue weighted by Crippen LogP contribution is -2.11. The van der Waals surface area contributed by atoms with Gasteiger partial charge in [-0.05, 0) is 35.0 Å². The summed E-state index contributed by atoms with van der Waals surface area (Å²) >= 11 is 3.26. The number of nitrogens with zero attached hydrogens (tertiary/aromatic N) is 2. The first-order valence-electron chi connectivity index (χ1n) is 4.59. The summed E-state index contributed by atoms with van der Waals surface area (Å²) in [5, 5.41) is 0. The first-order valence-corrected chi connectivity index (χ1v) is 5.39. The van der Waals surface area contributed by atoms with E-state index in [0.29, 0.717) is 12.3 Å². The van der Waals surface area contributed by atoms with Gasteiger partial charge >= 0.3 is 5.97 Å². The first-order chi connectivity index (χ1) is 7.20. The molecule has 0 unspecified atom stereocenters. The van der Waals surface area contributed by atoms with E-state index in [1.54, 1.807) is 25.3 Å². The van der Waals surface area contributed by atoms with Crippen molar-refractivity contribution < 1.29 is 9.53 Å². The van der Waals surface area contributed by atoms with E-state index < -0.39 is 0 Å². The summed E-state index contributed by atoms with van der Waals surface area (Å²) in [5.41, 5.74) is 1.18. The van der Waals surface area contributed by atoms with Gasteiger partial charge in [-0.25, -0.2) is 9.79 Å². The van der Waals surface area contributed by atoms with Crippen molar-refractivity contribution in [1.82, 2.24) is 0 Å². The molecule has 2 aliphatic heterocycles. The molecular weight excluding hydrogens is 260 g/mol. The van der Waals surface area contributed by atoms with Crippen LogP contribution in [0, 0.1) is 5.92 Å². The molecule has 0 aromatic carbocycles. The molecule has 4 nitrogen and oxygen atoms in total. The molecule has 2 rings (SSSR count). The SMILES string of the molecule is CCOC(=O)C1=C[C@@H]2C=NC(Br)=CC2=N1. The number of aliphatic imine (C=N–C) groups is 2. The molecule has 0 saturated heterocycles. The van der Waals surface area contributed by atoms with Crippen LogP contribution in [0.2, 0.25) is 0 Å². The zero-order valence-corrected chi connectivity index (χ0v) is 9.69. The van der Waals surface area contributed by atoms with E-state index in [0.717, 1.165) is 10.3 Å². The zero-order valence-electron chi connectivity index (χ0n) is 8.11. The molecule has 78 valence electrons. The van der Waals surface area contributed by atoms with Crippen LogP contribution in [0.25, 0.3) is 0 Å². The number of hydrogen-bond donors (Lipinski definition) is 0. The molecule has 15 heavy (non-hydrogen) atoms. The van der Waals surface area contributed by atoms with Crippen LogP contribution in [-0.2, 0) is 9.53 Å². The molecule has 5 heteroatoms. The second kappa shape index (κ2) is 4.10. The van der Waals surface area contributed by atoms with E-state index in [1.165, 1.54) is 0 Å². The van der Waals surface area contributed by atoms with Crippen LogP contribution in [-0.4, -0.2) is 24.5 Å². The minimum atomic E-state index is -0.377. The normalized spacial score (nSPS) is 22.8. The van der Waals surface area contributed by atoms with Gasteiger partial charge in [-0.2, -0.15) is 0 Å². The molecule has 0 amide bonds. The molecular formula is C10H9BrN2O2. The van der Waals surface area contributed by atoms with Gasteiger partial charge in [0.25, 0.3) is 0 Å². The van der Waals surface area contributed by atoms with E-state index in [9.17, 15) is 4.79 Å². The third-order valence-corrected chi connectivity index (χ3v) is 2.47. The number of hydrogen-bond acceptors (Lipinski definition) is 4. The minimum Gasteiger partial charge on any atom is -0.461 e. The Labute approximate surface area is 95.6 Å². The van der Waals surface area contributed by atoms with Crippen LogP contribution >= 0.6 is 15.9 Å². The van der Waals surface area contributed by atoms with E-state index in [-0.39, 0.29) is 11.9 Å². The fourth-order valence-corrected chi connectivity index (χ4v) is 1.74. The maximum absolute atomic E-state index is 11.4. The average molecular weight is 269 g/mol. The van der Waals surface area contributed by atoms with Gasteiger partial charge < -0.3 is 4.74 Å². The van der Waals surface area contributed by atoms with Crippen molar-refractivity contribution in [2.24, 2.45) is 15.9 Å². The topological polar surface area (TPSA) is 51.0 Å². The second-order valence-electron chi connectivity index (χ2n) is 3.08. The summed E-state index contributed by atoms with van der Waals surface area (Å²) in [4.78, 5) is 19.7. The molecule has 0 aliphatic carbocycles. The Kier molecular flexibility index (Phi) is 2.81. The number of ether oxygens (including phenoxy) is 1. The van der Waals surface area contributed by atoms with Crippen molar-refractivity contribution in [2.75, 3.05) is 6.61 Å². The molecule has 0 fully saturated rings. The van der Waals surface area contributed by atoms with Gasteiger partial charge in [0.05, 0.1) is 18.2 Å². The number of rotatable bonds is 2. The highest BCUT2D eigenvalue weighted by Gasteiger charge is 2.24. The maximum atomic E-state index is 11.4. The summed E-state index contributed by atoms with van der Waals surface area (Å²) in [7, 11) is 0. The molecule has 0 aromatic heterocycles. The summed E-state index contributed by atoms with van der Waals surface area (Å²) in [6.07, 6.45) is 5.30. The quantitative estimate of drug-likeness (QED) is 0.567. The highest BCUT2D eigenvalue weighted by molar-refractivity contribution is 9.11. The monoisotopic (exact) mass is 268 g/mol. The molecule has 2 heterocycles. The Bertz CT molecular complexity index is 421. The lowest BCUT2D eigenvalue weighted by molar-refractivity contribution is -0.138. The lowest BCUT2D eigenvalue weighted by Gasteiger charge is -2.06. The predicted octanol–water partition coefficient (Wildman–Crippen LogP) is 1.82. The van der Waals surface area contributed by atoms with Crippen LogP contribution in [0.15, 0.2) is 32.4 Å². The predicted molar refractivity (Wildman–Crippen MR) is 61.1 cm³/mol. The summed E-state index contributed by atoms with van der Waals surface area (Å²) in [6.45, 7) is 2.13. The van der Waals surface area contributed by atoms with E-state index >= 15 is 0 Å². The van der Waals surface area contributed by atoms with Crippen LogP contribution < -0.4 is 0 Å². The Hall–Kier alpha value is -1.23. The van der Waals surface area contributed by atoms with Crippen molar-refractivity contribution in [2.45, 2.75) is 6.92 Å². The number of carbonyl (C=O) groups is 1. The zero-order chi connectivity index (χ0) is 10.8. The fraction of sp³-hybridized carbons (Fsp3) is 0.300. The molecule has 1 atom stereocenters. The van der Waals surface area contributed by atoms with Crippen molar-refractivity contribution in [3.63, 3.8) is 0 Å². The van der Waals surface area contributed by atoms with Gasteiger partial charge in [0.2, 0.25) is 0 Å². The Morgan fingerprint density at radius 1 is 1.67 bits per heavy atom. The van der Waals surface area contributed by atoms with Gasteiger partial charge in [-0.1, -0.05) is 0 Å². The average Bonchev–Trinajstić information content (AvgIpc) is 2.60. The Balaban J connectivity index is 2.20. The first kappa shape index (κ1) is 10.3. The number of carbonyl (C=O) groups excluding carboxylic acids is 1. The summed E-state index contributed by atoms with van der Waals surface area (Å²) in [5.74, 6) is -0.372. The summed E-state index contributed by atoms with van der Waals surface area (Å²) < 4.78 is 5.59. The van der Waals surface area contributed by atoms with Crippen molar-refractivity contribution in [3.05, 3.63) is 22.5 Å². The van der Waals surface area contributed by atoms with Crippen LogP contribution in [0.1, 0.15) is 6.92 Å². The molecule has 0 spiro atoms. The Morgan fingerprint density at radius 3 is 3.20 bits per heavy atom. The van der Waals surface area contributed by atoms with E-state index in [2.05, 4.69) is 25.9 Å². The lowest BCUT2D eigenvalue weighted by atomic mass is 10.0. The maximum Gasteiger partial charge on any atom is 0.356 e. The molecule has 0 N–H and O–H groups in total. The fourth-order valence-electron chi connectivity index (χ4n) is 1.38. The minimum absolute atomic E-state index is 0.00528. The smallest absolute Gasteiger partial charge is 0.356 e. The van der Waals surface area contributed by atoms with Gasteiger partial charge in [-0.15, -0.1) is 0 Å². The van der Waals surface area contributed by atoms with Gasteiger partial charge in [0, 0.05) is 6.21 Å². The summed E-state index contributed by atoms with van der Waals surface area (Å²) in [6, 6.07) is 0. The second-order valence-corrected chi connectivity index (χ2v) is 3.89. The molecule has 0 saturated carbocycles. The van der Waals surface area contributed by atoms with Crippen LogP contribution in [0.4, 0.5) is 0 Å². The standard InChI is InChI=1S/C10H9BrN2O2/c1-2-15-10(14)8-3-6-5-12-9(11)4-7(6)13-8/h3-6H,2H2,1H3/t6-/m1/s1. The number of esters is 1. The molecule has 2 aliphatic rings. The Morgan fingerprint density at radius 2 is 2.47 bits per heavy atom. The molecule has 0 bridgehead atoms.